The first-order valence-corrected chi connectivity index (χ1v) is 7.30. The van der Waals surface area contributed by atoms with Gasteiger partial charge in [0, 0.05) is 6.04 Å². The fourth-order valence-corrected chi connectivity index (χ4v) is 2.46. The van der Waals surface area contributed by atoms with E-state index in [0.29, 0.717) is 16.7 Å². The van der Waals surface area contributed by atoms with Gasteiger partial charge in [0.2, 0.25) is 0 Å². The third kappa shape index (κ3) is 3.59. The summed E-state index contributed by atoms with van der Waals surface area (Å²) in [6.07, 6.45) is 0. The highest BCUT2D eigenvalue weighted by atomic mass is 35.5. The summed E-state index contributed by atoms with van der Waals surface area (Å²) < 4.78 is 5.43. The van der Waals surface area contributed by atoms with Crippen molar-refractivity contribution < 1.29 is 4.74 Å². The van der Waals surface area contributed by atoms with Crippen LogP contribution in [0.25, 0.3) is 0 Å². The van der Waals surface area contributed by atoms with E-state index in [1.807, 2.05) is 49.4 Å². The van der Waals surface area contributed by atoms with Crippen molar-refractivity contribution >= 4 is 28.9 Å². The lowest BCUT2D eigenvalue weighted by Gasteiger charge is -2.18. The number of para-hydroxylation sites is 1. The minimum atomic E-state index is 0.100. The predicted octanol–water partition coefficient (Wildman–Crippen LogP) is 5.57. The van der Waals surface area contributed by atoms with Crippen LogP contribution in [-0.4, -0.2) is 6.61 Å². The van der Waals surface area contributed by atoms with Crippen LogP contribution in [0.5, 0.6) is 5.75 Å². The Morgan fingerprint density at radius 3 is 2.20 bits per heavy atom. The molecule has 1 unspecified atom stereocenters. The van der Waals surface area contributed by atoms with Gasteiger partial charge in [0.05, 0.1) is 22.3 Å². The van der Waals surface area contributed by atoms with Crippen LogP contribution < -0.4 is 10.1 Å². The Hall–Kier alpha value is -1.38. The third-order valence-electron chi connectivity index (χ3n) is 3.01. The molecule has 0 bridgehead atoms. The summed E-state index contributed by atoms with van der Waals surface area (Å²) >= 11 is 12.3. The molecule has 0 amide bonds. The molecule has 2 nitrogen and oxygen atoms in total. The number of hydrogen-bond acceptors (Lipinski definition) is 2. The topological polar surface area (TPSA) is 21.3 Å². The molecule has 20 heavy (non-hydrogen) atoms. The molecule has 0 aliphatic carbocycles. The van der Waals surface area contributed by atoms with Gasteiger partial charge in [-0.3, -0.25) is 0 Å². The van der Waals surface area contributed by atoms with Crippen LogP contribution in [0.1, 0.15) is 25.5 Å². The Balaban J connectivity index is 2.13. The number of nitrogens with one attached hydrogen (secondary N) is 1. The van der Waals surface area contributed by atoms with Crippen LogP contribution in [-0.2, 0) is 0 Å². The molecule has 2 aromatic rings. The van der Waals surface area contributed by atoms with Crippen LogP contribution >= 0.6 is 23.2 Å². The smallest absolute Gasteiger partial charge is 0.119 e. The molecule has 0 aliphatic heterocycles. The van der Waals surface area contributed by atoms with E-state index < -0.39 is 0 Å². The fourth-order valence-electron chi connectivity index (χ4n) is 1.95. The largest absolute Gasteiger partial charge is 0.494 e. The molecule has 106 valence electrons. The maximum atomic E-state index is 6.16. The predicted molar refractivity (Wildman–Crippen MR) is 86.1 cm³/mol. The van der Waals surface area contributed by atoms with E-state index in [0.717, 1.165) is 17.0 Å². The summed E-state index contributed by atoms with van der Waals surface area (Å²) in [7, 11) is 0. The van der Waals surface area contributed by atoms with Gasteiger partial charge in [-0.15, -0.1) is 0 Å². The van der Waals surface area contributed by atoms with Gasteiger partial charge >= 0.3 is 0 Å². The van der Waals surface area contributed by atoms with Crippen LogP contribution in [0, 0.1) is 0 Å². The Morgan fingerprint density at radius 2 is 1.65 bits per heavy atom. The maximum Gasteiger partial charge on any atom is 0.119 e. The van der Waals surface area contributed by atoms with Crippen LogP contribution in [0.2, 0.25) is 10.0 Å². The number of halogens is 2. The normalized spacial score (nSPS) is 12.0. The van der Waals surface area contributed by atoms with E-state index in [2.05, 4.69) is 12.2 Å². The summed E-state index contributed by atoms with van der Waals surface area (Å²) in [6, 6.07) is 13.6. The number of hydrogen-bond donors (Lipinski definition) is 1. The molecule has 0 aromatic heterocycles. The Morgan fingerprint density at radius 1 is 1.05 bits per heavy atom. The number of benzene rings is 2. The van der Waals surface area contributed by atoms with E-state index in [4.69, 9.17) is 27.9 Å². The van der Waals surface area contributed by atoms with E-state index in [1.165, 1.54) is 0 Å². The Labute approximate surface area is 129 Å². The number of rotatable bonds is 5. The molecule has 0 aliphatic rings. The van der Waals surface area contributed by atoms with Gasteiger partial charge in [0.15, 0.2) is 0 Å². The molecule has 2 rings (SSSR count). The fraction of sp³-hybridized carbons (Fsp3) is 0.250. The van der Waals surface area contributed by atoms with Crippen LogP contribution in [0.4, 0.5) is 5.69 Å². The van der Waals surface area contributed by atoms with Crippen molar-refractivity contribution in [1.29, 1.82) is 0 Å². The summed E-state index contributed by atoms with van der Waals surface area (Å²) in [6.45, 7) is 4.70. The lowest BCUT2D eigenvalue weighted by Crippen LogP contribution is -2.07. The van der Waals surface area contributed by atoms with Gasteiger partial charge < -0.3 is 10.1 Å². The highest BCUT2D eigenvalue weighted by Crippen LogP contribution is 2.33. The first-order valence-electron chi connectivity index (χ1n) is 6.55. The van der Waals surface area contributed by atoms with Crippen LogP contribution in [0.15, 0.2) is 42.5 Å². The summed E-state index contributed by atoms with van der Waals surface area (Å²) in [5.41, 5.74) is 1.90. The molecule has 0 saturated carbocycles. The van der Waals surface area contributed by atoms with E-state index in [1.54, 1.807) is 0 Å². The van der Waals surface area contributed by atoms with Gasteiger partial charge in [0.1, 0.15) is 5.75 Å². The summed E-state index contributed by atoms with van der Waals surface area (Å²) in [4.78, 5) is 0. The second kappa shape index (κ2) is 6.87. The third-order valence-corrected chi connectivity index (χ3v) is 3.64. The lowest BCUT2D eigenvalue weighted by atomic mass is 10.1. The molecular weight excluding hydrogens is 293 g/mol. The molecule has 2 aromatic carbocycles. The average Bonchev–Trinajstić information content (AvgIpc) is 2.44. The standard InChI is InChI=1S/C16H17Cl2NO/c1-3-20-13-9-7-12(8-10-13)11(2)19-16-14(17)5-4-6-15(16)18/h4-11,19H,3H2,1-2H3. The zero-order chi connectivity index (χ0) is 14.5. The summed E-state index contributed by atoms with van der Waals surface area (Å²) in [5.74, 6) is 0.874. The SMILES string of the molecule is CCOc1ccc(C(C)Nc2c(Cl)cccc2Cl)cc1. The molecule has 0 saturated heterocycles. The lowest BCUT2D eigenvalue weighted by molar-refractivity contribution is 0.340. The van der Waals surface area contributed by atoms with Gasteiger partial charge in [-0.25, -0.2) is 0 Å². The van der Waals surface area contributed by atoms with Crippen molar-refractivity contribution in [3.8, 4) is 5.75 Å². The van der Waals surface area contributed by atoms with Gasteiger partial charge in [0.25, 0.3) is 0 Å². The average molecular weight is 310 g/mol. The molecule has 0 radical (unpaired) electrons. The first-order chi connectivity index (χ1) is 9.61. The monoisotopic (exact) mass is 309 g/mol. The van der Waals surface area contributed by atoms with E-state index in [9.17, 15) is 0 Å². The van der Waals surface area contributed by atoms with Gasteiger partial charge in [-0.2, -0.15) is 0 Å². The Kier molecular flexibility index (Phi) is 5.16. The number of ether oxygens (including phenoxy) is 1. The Bertz CT molecular complexity index is 549. The summed E-state index contributed by atoms with van der Waals surface area (Å²) in [5, 5.41) is 4.58. The molecule has 0 fully saturated rings. The first kappa shape index (κ1) is 15.0. The van der Waals surface area contributed by atoms with Crippen LogP contribution in [0.3, 0.4) is 0 Å². The molecule has 0 heterocycles. The highest BCUT2D eigenvalue weighted by molar-refractivity contribution is 6.39. The van der Waals surface area contributed by atoms with Crippen molar-refractivity contribution in [2.75, 3.05) is 11.9 Å². The van der Waals surface area contributed by atoms with Crippen molar-refractivity contribution in [3.05, 3.63) is 58.1 Å². The zero-order valence-corrected chi connectivity index (χ0v) is 13.0. The van der Waals surface area contributed by atoms with Crippen molar-refractivity contribution in [1.82, 2.24) is 0 Å². The molecule has 0 spiro atoms. The van der Waals surface area contributed by atoms with Crippen molar-refractivity contribution in [3.63, 3.8) is 0 Å². The minimum absolute atomic E-state index is 0.100. The molecule has 1 atom stereocenters. The van der Waals surface area contributed by atoms with Gasteiger partial charge in [-0.1, -0.05) is 41.4 Å². The molecule has 4 heteroatoms. The highest BCUT2D eigenvalue weighted by Gasteiger charge is 2.10. The van der Waals surface area contributed by atoms with Crippen molar-refractivity contribution in [2.24, 2.45) is 0 Å². The number of anilines is 1. The second-order valence-electron chi connectivity index (χ2n) is 4.46. The molecular formula is C16H17Cl2NO. The van der Waals surface area contributed by atoms with E-state index >= 15 is 0 Å². The van der Waals surface area contributed by atoms with E-state index in [-0.39, 0.29) is 6.04 Å². The minimum Gasteiger partial charge on any atom is -0.494 e. The second-order valence-corrected chi connectivity index (χ2v) is 5.28. The maximum absolute atomic E-state index is 6.16. The van der Waals surface area contributed by atoms with Gasteiger partial charge in [-0.05, 0) is 43.7 Å². The zero-order valence-electron chi connectivity index (χ0n) is 11.5. The quantitative estimate of drug-likeness (QED) is 0.780. The van der Waals surface area contributed by atoms with Crippen molar-refractivity contribution in [2.45, 2.75) is 19.9 Å². The molecule has 1 N–H and O–H groups in total.